The van der Waals surface area contributed by atoms with Crippen LogP contribution in [0.25, 0.3) is 17.7 Å². The second-order valence-electron chi connectivity index (χ2n) is 5.86. The summed E-state index contributed by atoms with van der Waals surface area (Å²) in [6, 6.07) is 1.90. The van der Waals surface area contributed by atoms with Crippen LogP contribution in [0.2, 0.25) is 0 Å². The lowest BCUT2D eigenvalue weighted by Gasteiger charge is -2.13. The molecule has 0 heterocycles. The van der Waals surface area contributed by atoms with Gasteiger partial charge < -0.3 is 0 Å². The molecule has 0 N–H and O–H groups in total. The molecule has 0 bridgehead atoms. The highest BCUT2D eigenvalue weighted by Gasteiger charge is 2.13. The number of halogens is 1. The molecule has 0 aromatic heterocycles. The molecular weight excluding hydrogens is 283 g/mol. The van der Waals surface area contributed by atoms with Gasteiger partial charge in [-0.1, -0.05) is 48.6 Å². The summed E-state index contributed by atoms with van der Waals surface area (Å²) < 4.78 is 15.0. The van der Waals surface area contributed by atoms with Gasteiger partial charge in [-0.25, -0.2) is 4.39 Å². The fourth-order valence-electron chi connectivity index (χ4n) is 2.69. The average Bonchev–Trinajstić information content (AvgIpc) is 2.51. The van der Waals surface area contributed by atoms with Crippen LogP contribution in [0.4, 0.5) is 4.39 Å². The molecule has 0 fully saturated rings. The van der Waals surface area contributed by atoms with E-state index >= 15 is 0 Å². The van der Waals surface area contributed by atoms with E-state index in [9.17, 15) is 4.39 Å². The smallest absolute Gasteiger partial charge is 0.134 e. The Hall–Kier alpha value is -2.15. The molecule has 0 saturated carbocycles. The molecule has 0 aliphatic carbocycles. The molecule has 0 spiro atoms. The van der Waals surface area contributed by atoms with Crippen molar-refractivity contribution in [2.24, 2.45) is 0 Å². The number of benzene rings is 1. The Morgan fingerprint density at radius 3 is 2.22 bits per heavy atom. The summed E-state index contributed by atoms with van der Waals surface area (Å²) in [7, 11) is 0. The van der Waals surface area contributed by atoms with Gasteiger partial charge in [0.05, 0.1) is 0 Å². The van der Waals surface area contributed by atoms with E-state index in [4.69, 9.17) is 0 Å². The van der Waals surface area contributed by atoms with Crippen LogP contribution in [-0.2, 0) is 0 Å². The lowest BCUT2D eigenvalue weighted by molar-refractivity contribution is 0.612. The number of hydrogen-bond donors (Lipinski definition) is 0. The molecular formula is C22H27F. The van der Waals surface area contributed by atoms with Crippen LogP contribution in [0.3, 0.4) is 0 Å². The maximum absolute atomic E-state index is 15.0. The van der Waals surface area contributed by atoms with Crippen molar-refractivity contribution in [3.63, 3.8) is 0 Å². The minimum Gasteiger partial charge on any atom is -0.206 e. The summed E-state index contributed by atoms with van der Waals surface area (Å²) >= 11 is 0. The minimum absolute atomic E-state index is 0.185. The van der Waals surface area contributed by atoms with Crippen molar-refractivity contribution in [3.05, 3.63) is 75.5 Å². The molecule has 23 heavy (non-hydrogen) atoms. The summed E-state index contributed by atoms with van der Waals surface area (Å²) in [5, 5.41) is 1.90. The average molecular weight is 310 g/mol. The van der Waals surface area contributed by atoms with E-state index in [-0.39, 0.29) is 5.82 Å². The third-order valence-electron chi connectivity index (χ3n) is 4.19. The monoisotopic (exact) mass is 310 g/mol. The van der Waals surface area contributed by atoms with Gasteiger partial charge in [0.25, 0.3) is 0 Å². The zero-order valence-corrected chi connectivity index (χ0v) is 15.2. The lowest BCUT2D eigenvalue weighted by Crippen LogP contribution is -2.29. The lowest BCUT2D eigenvalue weighted by atomic mass is 9.93. The van der Waals surface area contributed by atoms with E-state index in [1.54, 1.807) is 6.08 Å². The zero-order chi connectivity index (χ0) is 17.7. The van der Waals surface area contributed by atoms with Crippen molar-refractivity contribution in [1.29, 1.82) is 0 Å². The standard InChI is InChI=1S/C22H27F/c1-9-15(6)16(7)20(11-3)21-13-18(12-14(4)5)19(10-2)17(8)22(21)23/h9-13H,3-4H2,1-2,5-8H3/b15-9-,18-12-,19-10-,20-16+. The van der Waals surface area contributed by atoms with Gasteiger partial charge in [-0.3, -0.25) is 0 Å². The van der Waals surface area contributed by atoms with E-state index < -0.39 is 0 Å². The predicted molar refractivity (Wildman–Crippen MR) is 102 cm³/mol. The third kappa shape index (κ3) is 3.98. The second kappa shape index (κ2) is 7.92. The fraction of sp³-hybridized carbons (Fsp3) is 0.273. The topological polar surface area (TPSA) is 0 Å². The highest BCUT2D eigenvalue weighted by atomic mass is 19.1. The Morgan fingerprint density at radius 2 is 1.78 bits per heavy atom. The molecule has 0 radical (unpaired) electrons. The second-order valence-corrected chi connectivity index (χ2v) is 5.86. The van der Waals surface area contributed by atoms with E-state index in [2.05, 4.69) is 13.2 Å². The van der Waals surface area contributed by atoms with Gasteiger partial charge in [0.15, 0.2) is 0 Å². The summed E-state index contributed by atoms with van der Waals surface area (Å²) in [5.41, 5.74) is 5.18. The van der Waals surface area contributed by atoms with Gasteiger partial charge in [0.2, 0.25) is 0 Å². The Bertz CT molecular complexity index is 815. The van der Waals surface area contributed by atoms with Gasteiger partial charge in [0, 0.05) is 5.56 Å². The van der Waals surface area contributed by atoms with Gasteiger partial charge in [-0.2, -0.15) is 0 Å². The summed E-state index contributed by atoms with van der Waals surface area (Å²) in [6.45, 7) is 19.5. The fourth-order valence-corrected chi connectivity index (χ4v) is 2.69. The highest BCUT2D eigenvalue weighted by Crippen LogP contribution is 2.26. The largest absolute Gasteiger partial charge is 0.206 e. The molecule has 1 rings (SSSR count). The van der Waals surface area contributed by atoms with Crippen LogP contribution in [0.15, 0.2) is 48.1 Å². The first-order chi connectivity index (χ1) is 10.8. The molecule has 0 aliphatic heterocycles. The van der Waals surface area contributed by atoms with E-state index in [0.29, 0.717) is 11.1 Å². The Morgan fingerprint density at radius 1 is 1.17 bits per heavy atom. The van der Waals surface area contributed by atoms with Crippen molar-refractivity contribution in [2.75, 3.05) is 0 Å². The Kier molecular flexibility index (Phi) is 6.50. The first kappa shape index (κ1) is 18.9. The van der Waals surface area contributed by atoms with Crippen molar-refractivity contribution < 1.29 is 4.39 Å². The normalized spacial score (nSPS) is 14.8. The number of hydrogen-bond acceptors (Lipinski definition) is 0. The summed E-state index contributed by atoms with van der Waals surface area (Å²) in [5.74, 6) is -0.185. The molecule has 1 aromatic rings. The van der Waals surface area contributed by atoms with Crippen LogP contribution in [0.1, 0.15) is 45.7 Å². The van der Waals surface area contributed by atoms with Crippen LogP contribution in [0, 0.1) is 12.7 Å². The molecule has 122 valence electrons. The van der Waals surface area contributed by atoms with E-state index in [1.807, 2.05) is 65.8 Å². The quantitative estimate of drug-likeness (QED) is 0.669. The van der Waals surface area contributed by atoms with Gasteiger partial charge in [-0.15, -0.1) is 0 Å². The zero-order valence-electron chi connectivity index (χ0n) is 15.2. The van der Waals surface area contributed by atoms with Crippen LogP contribution in [0.5, 0.6) is 0 Å². The number of rotatable bonds is 4. The summed E-state index contributed by atoms with van der Waals surface area (Å²) in [4.78, 5) is 0. The molecule has 0 amide bonds. The SMILES string of the molecule is C=C/C(=C(C)\C(C)=C/C)c1cc(=C/C(=C)C)/c(=C\C)c(C)c1F. The molecule has 0 saturated heterocycles. The summed E-state index contributed by atoms with van der Waals surface area (Å²) in [6.07, 6.45) is 7.70. The van der Waals surface area contributed by atoms with Gasteiger partial charge in [0.1, 0.15) is 5.82 Å². The Balaban J connectivity index is 3.98. The van der Waals surface area contributed by atoms with Crippen molar-refractivity contribution in [3.8, 4) is 0 Å². The molecule has 0 nitrogen and oxygen atoms in total. The molecule has 0 unspecified atom stereocenters. The Labute approximate surface area is 139 Å². The van der Waals surface area contributed by atoms with Gasteiger partial charge in [-0.05, 0) is 74.8 Å². The molecule has 0 atom stereocenters. The third-order valence-corrected chi connectivity index (χ3v) is 4.19. The van der Waals surface area contributed by atoms with Crippen molar-refractivity contribution in [1.82, 2.24) is 0 Å². The first-order valence-corrected chi connectivity index (χ1v) is 7.88. The van der Waals surface area contributed by atoms with Crippen LogP contribution < -0.4 is 10.4 Å². The van der Waals surface area contributed by atoms with Crippen LogP contribution >= 0.6 is 0 Å². The van der Waals surface area contributed by atoms with Gasteiger partial charge >= 0.3 is 0 Å². The first-order valence-electron chi connectivity index (χ1n) is 7.88. The maximum Gasteiger partial charge on any atom is 0.134 e. The minimum atomic E-state index is -0.185. The molecule has 1 aromatic carbocycles. The van der Waals surface area contributed by atoms with Crippen LogP contribution in [-0.4, -0.2) is 0 Å². The number of allylic oxidation sites excluding steroid dienone is 6. The predicted octanol–water partition coefficient (Wildman–Crippen LogP) is 5.22. The van der Waals surface area contributed by atoms with Crippen molar-refractivity contribution >= 4 is 17.7 Å². The highest BCUT2D eigenvalue weighted by molar-refractivity contribution is 5.79. The van der Waals surface area contributed by atoms with E-state index in [0.717, 1.165) is 32.7 Å². The molecule has 0 aliphatic rings. The van der Waals surface area contributed by atoms with E-state index in [1.165, 1.54) is 0 Å². The molecule has 1 heteroatoms. The van der Waals surface area contributed by atoms with Crippen molar-refractivity contribution in [2.45, 2.75) is 41.5 Å². The maximum atomic E-state index is 15.0.